The Balaban J connectivity index is 0.000000159. The fraction of sp³-hybridized carbons (Fsp3) is 0.351. The molecule has 2 N–H and O–H groups in total. The lowest BCUT2D eigenvalue weighted by atomic mass is 9.81. The molecule has 6 aromatic carbocycles. The van der Waals surface area contributed by atoms with Crippen molar-refractivity contribution < 1.29 is 50.4 Å². The third-order valence-corrected chi connectivity index (χ3v) is 12.8. The van der Waals surface area contributed by atoms with Gasteiger partial charge in [0.2, 0.25) is 6.79 Å². The molecule has 3 atom stereocenters. The van der Waals surface area contributed by atoms with Crippen LogP contribution in [0.3, 0.4) is 0 Å². The molecule has 3 aliphatic heterocycles. The maximum Gasteiger partial charge on any atom is 0.416 e. The monoisotopic (exact) mass is 994 g/mol. The Labute approximate surface area is 419 Å². The van der Waals surface area contributed by atoms with Crippen LogP contribution >= 0.6 is 0 Å². The number of halogens is 5. The van der Waals surface area contributed by atoms with Crippen molar-refractivity contribution in [3.05, 3.63) is 179 Å². The van der Waals surface area contributed by atoms with Gasteiger partial charge in [0, 0.05) is 63.1 Å². The van der Waals surface area contributed by atoms with Crippen LogP contribution in [-0.2, 0) is 6.18 Å². The van der Waals surface area contributed by atoms with Crippen LogP contribution in [0.4, 0.5) is 27.6 Å². The van der Waals surface area contributed by atoms with Crippen molar-refractivity contribution in [2.24, 2.45) is 5.92 Å². The molecule has 0 spiro atoms. The number of benzene rings is 6. The number of anilines is 1. The van der Waals surface area contributed by atoms with E-state index in [1.807, 2.05) is 85.9 Å². The van der Waals surface area contributed by atoms with Gasteiger partial charge in [0.1, 0.15) is 35.0 Å². The van der Waals surface area contributed by atoms with Crippen molar-refractivity contribution in [2.45, 2.75) is 43.9 Å². The topological polar surface area (TPSA) is 93.8 Å². The molecule has 3 aliphatic rings. The molecule has 2 fully saturated rings. The summed E-state index contributed by atoms with van der Waals surface area (Å²) in [5.41, 5.74) is 3.23. The van der Waals surface area contributed by atoms with Crippen LogP contribution in [0.25, 0.3) is 0 Å². The Kier molecular flexibility index (Phi) is 19.7. The number of Topliss-reactive ketones (excluding diaryl/α,β-unsaturated/α-hetero) is 1. The average Bonchev–Trinajstić information content (AvgIpc) is 3.89. The van der Waals surface area contributed by atoms with Gasteiger partial charge >= 0.3 is 6.18 Å². The molecule has 3 heterocycles. The molecule has 0 amide bonds. The molecule has 10 nitrogen and oxygen atoms in total. The van der Waals surface area contributed by atoms with Gasteiger partial charge in [0.05, 0.1) is 25.0 Å². The molecule has 15 heteroatoms. The fourth-order valence-electron chi connectivity index (χ4n) is 8.89. The van der Waals surface area contributed by atoms with E-state index in [9.17, 15) is 26.7 Å². The quantitative estimate of drug-likeness (QED) is 0.0680. The highest BCUT2D eigenvalue weighted by Crippen LogP contribution is 2.37. The van der Waals surface area contributed by atoms with Crippen LogP contribution in [0, 0.1) is 17.6 Å². The number of carbonyl (C=O) groups excluding carboxylic acids is 1. The molecule has 2 saturated heterocycles. The summed E-state index contributed by atoms with van der Waals surface area (Å²) in [6.45, 7) is 8.25. The number of fused-ring (bicyclic) bond motifs is 1. The molecule has 0 saturated carbocycles. The number of nitrogens with one attached hydrogen (secondary N) is 2. The van der Waals surface area contributed by atoms with Crippen LogP contribution < -0.4 is 39.2 Å². The van der Waals surface area contributed by atoms with Crippen molar-refractivity contribution in [1.82, 2.24) is 15.5 Å². The van der Waals surface area contributed by atoms with Gasteiger partial charge in [-0.3, -0.25) is 9.69 Å². The second-order valence-electron chi connectivity index (χ2n) is 17.7. The largest absolute Gasteiger partial charge is 0.495 e. The summed E-state index contributed by atoms with van der Waals surface area (Å²) < 4.78 is 91.8. The highest BCUT2D eigenvalue weighted by Gasteiger charge is 2.30. The minimum Gasteiger partial charge on any atom is -0.495 e. The predicted octanol–water partition coefficient (Wildman–Crippen LogP) is 11.4. The lowest BCUT2D eigenvalue weighted by molar-refractivity contribution is -0.137. The number of carbonyl (C=O) groups is 1. The van der Waals surface area contributed by atoms with Crippen molar-refractivity contribution in [3.63, 3.8) is 0 Å². The molecular formula is C57H63F5N4O6. The third kappa shape index (κ3) is 15.7. The van der Waals surface area contributed by atoms with Crippen LogP contribution in [0.1, 0.15) is 64.8 Å². The first kappa shape index (κ1) is 53.1. The Bertz CT molecular complexity index is 2560. The molecule has 382 valence electrons. The molecule has 6 aromatic rings. The lowest BCUT2D eigenvalue weighted by Crippen LogP contribution is -2.46. The summed E-state index contributed by atoms with van der Waals surface area (Å²) in [6.07, 6.45) is -1.46. The Morgan fingerprint density at radius 1 is 0.792 bits per heavy atom. The highest BCUT2D eigenvalue weighted by atomic mass is 19.4. The first-order valence-corrected chi connectivity index (χ1v) is 24.4. The van der Waals surface area contributed by atoms with E-state index in [0.29, 0.717) is 36.2 Å². The van der Waals surface area contributed by atoms with E-state index < -0.39 is 11.7 Å². The number of alkyl halides is 3. The van der Waals surface area contributed by atoms with E-state index in [1.54, 1.807) is 19.2 Å². The maximum absolute atomic E-state index is 13.2. The summed E-state index contributed by atoms with van der Waals surface area (Å²) >= 11 is 0. The number of piperidine rings is 1. The second-order valence-corrected chi connectivity index (χ2v) is 17.7. The maximum atomic E-state index is 13.2. The first-order valence-electron chi connectivity index (χ1n) is 24.4. The number of methoxy groups -OCH3 is 1. The highest BCUT2D eigenvalue weighted by molar-refractivity contribution is 5.95. The molecule has 1 unspecified atom stereocenters. The lowest BCUT2D eigenvalue weighted by Gasteiger charge is -2.36. The molecule has 9 rings (SSSR count). The van der Waals surface area contributed by atoms with E-state index >= 15 is 0 Å². The fourth-order valence-corrected chi connectivity index (χ4v) is 8.89. The molecule has 0 radical (unpaired) electrons. The summed E-state index contributed by atoms with van der Waals surface area (Å²) in [7, 11) is 3.55. The van der Waals surface area contributed by atoms with Gasteiger partial charge in [0.15, 0.2) is 17.3 Å². The zero-order valence-electron chi connectivity index (χ0n) is 40.7. The molecule has 72 heavy (non-hydrogen) atoms. The third-order valence-electron chi connectivity index (χ3n) is 12.8. The standard InChI is InChI=1S/C21H25FN2O2.C19H20FNO3.C17H18F3NO/c1-26-21-7-3-2-5-19(21)24-15-13-23(14-16-24)12-4-6-20(25)17-8-10-18(22)11-9-17;20-15-3-1-13(2-4-15)17-7-8-21-10-14(17)11-22-16-5-6-18-19(9-16)24-12-23-18;1-21-12-11-16(13-5-3-2-4-6-13)22-15-9-7-14(8-10-15)17(18,19)20/h2-3,5,7-11H,4,6,12-16H2,1H3;1-6,9,14,17,21H,7-8,10-12H2;2-10,16,21H,11-12H2,1H3/t;14-,17-;/m.0./s1. The second kappa shape index (κ2) is 26.7. The minimum absolute atomic E-state index is 0.0812. The van der Waals surface area contributed by atoms with Gasteiger partial charge in [-0.1, -0.05) is 54.6 Å². The number of piperazine rings is 1. The predicted molar refractivity (Wildman–Crippen MR) is 270 cm³/mol. The van der Waals surface area contributed by atoms with Gasteiger partial charge in [-0.05, 0) is 141 Å². The van der Waals surface area contributed by atoms with Gasteiger partial charge in [-0.25, -0.2) is 8.78 Å². The average molecular weight is 995 g/mol. The van der Waals surface area contributed by atoms with Gasteiger partial charge in [-0.15, -0.1) is 0 Å². The van der Waals surface area contributed by atoms with Crippen LogP contribution in [-0.4, -0.2) is 90.6 Å². The molecule has 0 bridgehead atoms. The minimum atomic E-state index is -4.33. The van der Waals surface area contributed by atoms with Crippen molar-refractivity contribution in [2.75, 3.05) is 84.8 Å². The Morgan fingerprint density at radius 3 is 2.15 bits per heavy atom. The number of rotatable bonds is 17. The zero-order valence-corrected chi connectivity index (χ0v) is 40.7. The van der Waals surface area contributed by atoms with E-state index in [1.165, 1.54) is 42.0 Å². The van der Waals surface area contributed by atoms with E-state index in [0.717, 1.165) is 118 Å². The zero-order chi connectivity index (χ0) is 50.7. The Hall–Kier alpha value is -6.68. The normalized spacial score (nSPS) is 16.8. The summed E-state index contributed by atoms with van der Waals surface area (Å²) in [4.78, 5) is 16.9. The number of hydrogen-bond acceptors (Lipinski definition) is 10. The van der Waals surface area contributed by atoms with Gasteiger partial charge in [0.25, 0.3) is 0 Å². The van der Waals surface area contributed by atoms with E-state index in [4.69, 9.17) is 23.7 Å². The Morgan fingerprint density at radius 2 is 1.46 bits per heavy atom. The van der Waals surface area contributed by atoms with Gasteiger partial charge in [-0.2, -0.15) is 13.2 Å². The van der Waals surface area contributed by atoms with Crippen molar-refractivity contribution >= 4 is 11.5 Å². The smallest absolute Gasteiger partial charge is 0.416 e. The van der Waals surface area contributed by atoms with Crippen molar-refractivity contribution in [3.8, 4) is 28.7 Å². The number of ether oxygens (including phenoxy) is 5. The first-order chi connectivity index (χ1) is 35.0. The number of nitrogens with zero attached hydrogens (tertiary/aromatic N) is 2. The summed E-state index contributed by atoms with van der Waals surface area (Å²) in [6, 6.07) is 40.8. The summed E-state index contributed by atoms with van der Waals surface area (Å²) in [5, 5.41) is 6.48. The molecule has 0 aliphatic carbocycles. The van der Waals surface area contributed by atoms with E-state index in [-0.39, 0.29) is 30.3 Å². The van der Waals surface area contributed by atoms with Gasteiger partial charge < -0.3 is 39.2 Å². The molecule has 0 aromatic heterocycles. The van der Waals surface area contributed by atoms with E-state index in [2.05, 4.69) is 26.5 Å². The number of ketones is 1. The summed E-state index contributed by atoms with van der Waals surface area (Å²) in [5.74, 6) is 3.89. The molecular weight excluding hydrogens is 932 g/mol. The number of para-hydroxylation sites is 2. The van der Waals surface area contributed by atoms with Crippen LogP contribution in [0.2, 0.25) is 0 Å². The van der Waals surface area contributed by atoms with Crippen LogP contribution in [0.5, 0.6) is 28.7 Å². The number of hydrogen-bond donors (Lipinski definition) is 2. The van der Waals surface area contributed by atoms with Crippen molar-refractivity contribution in [1.29, 1.82) is 0 Å². The SMILES string of the molecule is CNCCC(Oc1ccc(C(F)(F)F)cc1)c1ccccc1.COc1ccccc1N1CCN(CCCC(=O)c2ccc(F)cc2)CC1.Fc1ccc([C@@H]2CCNC[C@H]2COc2ccc3c(c2)OCO3)cc1. The van der Waals surface area contributed by atoms with Crippen LogP contribution in [0.15, 0.2) is 146 Å².